The van der Waals surface area contributed by atoms with E-state index in [0.29, 0.717) is 35.9 Å². The van der Waals surface area contributed by atoms with Gasteiger partial charge >= 0.3 is 0 Å². The minimum atomic E-state index is -0.395. The summed E-state index contributed by atoms with van der Waals surface area (Å²) in [6.45, 7) is 25.3. The summed E-state index contributed by atoms with van der Waals surface area (Å²) in [5, 5.41) is 10.7. The molecule has 2 unspecified atom stereocenters. The number of hydrogen-bond acceptors (Lipinski definition) is 3. The summed E-state index contributed by atoms with van der Waals surface area (Å²) in [5.41, 5.74) is 5.12. The number of nitrogens with zero attached hydrogens (tertiary/aromatic N) is 2. The fraction of sp³-hybridized carbons (Fsp3) is 0.636. The first-order valence-electron chi connectivity index (χ1n) is 14.1. The van der Waals surface area contributed by atoms with Crippen molar-refractivity contribution in [1.29, 1.82) is 0 Å². The Morgan fingerprint density at radius 1 is 0.974 bits per heavy atom. The van der Waals surface area contributed by atoms with Crippen molar-refractivity contribution < 1.29 is 31.0 Å². The second-order valence-electron chi connectivity index (χ2n) is 13.4. The van der Waals surface area contributed by atoms with Crippen LogP contribution < -0.4 is 4.98 Å². The van der Waals surface area contributed by atoms with Crippen LogP contribution in [0.2, 0.25) is 0 Å². The van der Waals surface area contributed by atoms with Crippen LogP contribution in [0.5, 0.6) is 0 Å². The third-order valence-electron chi connectivity index (χ3n) is 7.52. The molecule has 0 aromatic carbocycles. The van der Waals surface area contributed by atoms with E-state index in [4.69, 9.17) is 9.98 Å². The van der Waals surface area contributed by atoms with Crippen molar-refractivity contribution in [3.63, 3.8) is 0 Å². The zero-order chi connectivity index (χ0) is 28.3. The van der Waals surface area contributed by atoms with Crippen molar-refractivity contribution in [3.05, 3.63) is 52.2 Å². The van der Waals surface area contributed by atoms with E-state index in [0.717, 1.165) is 35.6 Å². The SMILES string of the molecule is CCC(C1=CC(/C=C(\O)C(C)(C)C)=NC/1=C\c1[n-]c(CC(=O)C(C)(C)C)cc1C(CC)C(C)C)C(C)C.[Pt]. The number of aliphatic hydroxyl groups is 1. The van der Waals surface area contributed by atoms with Gasteiger partial charge in [-0.3, -0.25) is 4.79 Å². The number of carbonyl (C=O) groups is 1. The summed E-state index contributed by atoms with van der Waals surface area (Å²) in [5.74, 6) is 2.14. The molecule has 2 atom stereocenters. The number of hydrogen-bond donors (Lipinski definition) is 1. The topological polar surface area (TPSA) is 63.8 Å². The van der Waals surface area contributed by atoms with Crippen LogP contribution in [-0.2, 0) is 32.3 Å². The number of rotatable bonds is 10. The molecule has 5 heteroatoms. The van der Waals surface area contributed by atoms with Gasteiger partial charge in [0.1, 0.15) is 5.78 Å². The Morgan fingerprint density at radius 2 is 1.53 bits per heavy atom. The first-order chi connectivity index (χ1) is 17.0. The van der Waals surface area contributed by atoms with Crippen molar-refractivity contribution >= 4 is 17.6 Å². The van der Waals surface area contributed by atoms with Gasteiger partial charge in [0.15, 0.2) is 0 Å². The smallest absolute Gasteiger partial charge is 0.140 e. The van der Waals surface area contributed by atoms with Crippen molar-refractivity contribution in [2.24, 2.45) is 33.6 Å². The molecule has 1 aromatic heterocycles. The molecule has 4 nitrogen and oxygen atoms in total. The number of aromatic nitrogens is 1. The molecule has 0 bridgehead atoms. The van der Waals surface area contributed by atoms with Crippen molar-refractivity contribution in [2.45, 2.75) is 108 Å². The molecule has 0 spiro atoms. The molecule has 0 aliphatic carbocycles. The van der Waals surface area contributed by atoms with Crippen LogP contribution in [0.4, 0.5) is 0 Å². The van der Waals surface area contributed by atoms with Gasteiger partial charge in [0.05, 0.1) is 17.2 Å². The van der Waals surface area contributed by atoms with Crippen LogP contribution in [0.1, 0.15) is 119 Å². The minimum Gasteiger partial charge on any atom is -0.661 e. The maximum atomic E-state index is 12.8. The maximum absolute atomic E-state index is 12.8. The molecule has 0 fully saturated rings. The standard InChI is InChI=1S/C33H51N2O2.Pt/c1-13-24(20(3)4)26-15-22(17-30(36)32(7,8)9)34-28(26)19-29-27(25(14-2)21(5)6)16-23(35-29)18-31(37)33(10,11)12;/h15-17,19-21,24-25H,13-14,18H2,1-12H3,(H-,34,35,36);/q-1;. The van der Waals surface area contributed by atoms with Crippen LogP contribution in [0.3, 0.4) is 0 Å². The molecular weight excluding hydrogens is 651 g/mol. The third-order valence-corrected chi connectivity index (χ3v) is 7.52. The predicted molar refractivity (Wildman–Crippen MR) is 158 cm³/mol. The molecule has 0 saturated carbocycles. The zero-order valence-corrected chi connectivity index (χ0v) is 28.1. The fourth-order valence-corrected chi connectivity index (χ4v) is 4.98. The van der Waals surface area contributed by atoms with Gasteiger partial charge < -0.3 is 10.1 Å². The average Bonchev–Trinajstić information content (AvgIpc) is 3.31. The normalized spacial score (nSPS) is 17.5. The van der Waals surface area contributed by atoms with Gasteiger partial charge in [-0.1, -0.05) is 101 Å². The van der Waals surface area contributed by atoms with Gasteiger partial charge in [-0.2, -0.15) is 5.69 Å². The van der Waals surface area contributed by atoms with E-state index in [1.54, 1.807) is 6.08 Å². The maximum Gasteiger partial charge on any atom is 0.140 e. The summed E-state index contributed by atoms with van der Waals surface area (Å²) in [7, 11) is 0. The Labute approximate surface area is 246 Å². The monoisotopic (exact) mass is 702 g/mol. The number of Topliss-reactive ketones (excluding diaryl/α,β-unsaturated/α-hetero) is 1. The Kier molecular flexibility index (Phi) is 12.3. The molecule has 216 valence electrons. The van der Waals surface area contributed by atoms with Crippen molar-refractivity contribution in [3.8, 4) is 0 Å². The van der Waals surface area contributed by atoms with E-state index < -0.39 is 5.41 Å². The van der Waals surface area contributed by atoms with Crippen molar-refractivity contribution in [1.82, 2.24) is 4.98 Å². The second-order valence-corrected chi connectivity index (χ2v) is 13.4. The molecule has 0 saturated heterocycles. The van der Waals surface area contributed by atoms with E-state index in [-0.39, 0.29) is 32.3 Å². The first kappa shape index (κ1) is 34.4. The molecular formula is C33H51N2O2Pt-. The van der Waals surface area contributed by atoms with Crippen LogP contribution in [0.15, 0.2) is 40.2 Å². The molecule has 1 aliphatic rings. The summed E-state index contributed by atoms with van der Waals surface area (Å²) in [4.78, 5) is 22.8. The Balaban J connectivity index is 0.00000722. The quantitative estimate of drug-likeness (QED) is 0.248. The molecule has 38 heavy (non-hydrogen) atoms. The molecule has 0 amide bonds. The van der Waals surface area contributed by atoms with E-state index >= 15 is 0 Å². The summed E-state index contributed by atoms with van der Waals surface area (Å²) in [6, 6.07) is 2.15. The van der Waals surface area contributed by atoms with Gasteiger partial charge in [-0.15, -0.1) is 5.69 Å². The molecule has 1 aromatic rings. The molecule has 2 heterocycles. The summed E-state index contributed by atoms with van der Waals surface area (Å²) >= 11 is 0. The Hall–Kier alpha value is -1.67. The molecule has 0 radical (unpaired) electrons. The van der Waals surface area contributed by atoms with Gasteiger partial charge in [0.2, 0.25) is 0 Å². The number of aliphatic imine (C=N–C) groups is 1. The molecule has 2 rings (SSSR count). The molecule has 1 aliphatic heterocycles. The van der Waals surface area contributed by atoms with E-state index in [2.05, 4.69) is 59.8 Å². The molecule has 1 N–H and O–H groups in total. The van der Waals surface area contributed by atoms with Crippen LogP contribution in [0.25, 0.3) is 6.08 Å². The number of carbonyl (C=O) groups excluding carboxylic acids is 1. The Bertz CT molecular complexity index is 1090. The largest absolute Gasteiger partial charge is 0.661 e. The minimum absolute atomic E-state index is 0. The first-order valence-corrected chi connectivity index (χ1v) is 14.1. The zero-order valence-electron chi connectivity index (χ0n) is 25.8. The number of ketones is 1. The van der Waals surface area contributed by atoms with Crippen LogP contribution in [0, 0.1) is 28.6 Å². The number of aliphatic hydroxyl groups excluding tert-OH is 1. The van der Waals surface area contributed by atoms with Crippen molar-refractivity contribution in [2.75, 3.05) is 0 Å². The van der Waals surface area contributed by atoms with Gasteiger partial charge in [-0.05, 0) is 48.2 Å². The average molecular weight is 703 g/mol. The number of allylic oxidation sites excluding steroid dienone is 4. The summed E-state index contributed by atoms with van der Waals surface area (Å²) in [6.07, 6.45) is 8.41. The van der Waals surface area contributed by atoms with Crippen LogP contribution in [-0.4, -0.2) is 16.6 Å². The Morgan fingerprint density at radius 3 is 1.97 bits per heavy atom. The van der Waals surface area contributed by atoms with E-state index in [1.807, 2.05) is 41.5 Å². The van der Waals surface area contributed by atoms with E-state index in [9.17, 15) is 9.90 Å². The fourth-order valence-electron chi connectivity index (χ4n) is 4.98. The van der Waals surface area contributed by atoms with Gasteiger partial charge in [0.25, 0.3) is 0 Å². The van der Waals surface area contributed by atoms with Crippen LogP contribution >= 0.6 is 0 Å². The summed E-state index contributed by atoms with van der Waals surface area (Å²) < 4.78 is 0. The van der Waals surface area contributed by atoms with Gasteiger partial charge in [0, 0.05) is 44.4 Å². The predicted octanol–water partition coefficient (Wildman–Crippen LogP) is 8.84. The van der Waals surface area contributed by atoms with Gasteiger partial charge in [-0.25, -0.2) is 4.99 Å². The van der Waals surface area contributed by atoms with E-state index in [1.165, 1.54) is 11.1 Å². The second kappa shape index (κ2) is 13.6. The third kappa shape index (κ3) is 8.67.